The van der Waals surface area contributed by atoms with Gasteiger partial charge in [0.05, 0.1) is 5.69 Å². The van der Waals surface area contributed by atoms with Gasteiger partial charge in [0.25, 0.3) is 6.43 Å². The molecule has 1 aromatic heterocycles. The molecule has 0 radical (unpaired) electrons. The molecule has 0 amide bonds. The summed E-state index contributed by atoms with van der Waals surface area (Å²) in [6, 6.07) is 5.27. The molecular weight excluding hydrogens is 290 g/mol. The summed E-state index contributed by atoms with van der Waals surface area (Å²) in [5, 5.41) is 12.3. The first-order valence-corrected chi connectivity index (χ1v) is 6.07. The highest BCUT2D eigenvalue weighted by Crippen LogP contribution is 2.30. The molecule has 0 aliphatic carbocycles. The van der Waals surface area contributed by atoms with Gasteiger partial charge in [0.15, 0.2) is 0 Å². The lowest BCUT2D eigenvalue weighted by atomic mass is 10.1. The molecule has 0 saturated carbocycles. The van der Waals surface area contributed by atoms with E-state index in [4.69, 9.17) is 16.7 Å². The molecule has 7 heteroatoms. The van der Waals surface area contributed by atoms with Crippen molar-refractivity contribution in [2.75, 3.05) is 0 Å². The molecule has 1 N–H and O–H groups in total. The SMILES string of the molecule is Cc1cc(C)cc(-n2nc(C(F)F)c(C(=O)O)c2Cl)c1. The zero-order valence-corrected chi connectivity index (χ0v) is 11.4. The Morgan fingerprint density at radius 2 is 1.85 bits per heavy atom. The number of rotatable bonds is 3. The molecule has 0 spiro atoms. The minimum atomic E-state index is -3.01. The monoisotopic (exact) mass is 300 g/mol. The Morgan fingerprint density at radius 3 is 2.25 bits per heavy atom. The molecule has 0 unspecified atom stereocenters. The summed E-state index contributed by atoms with van der Waals surface area (Å²) >= 11 is 5.89. The summed E-state index contributed by atoms with van der Waals surface area (Å²) in [6.07, 6.45) is -3.01. The maximum absolute atomic E-state index is 12.9. The van der Waals surface area contributed by atoms with Gasteiger partial charge >= 0.3 is 5.97 Å². The number of carboxylic acids is 1. The van der Waals surface area contributed by atoms with Gasteiger partial charge in [0, 0.05) is 0 Å². The van der Waals surface area contributed by atoms with E-state index in [9.17, 15) is 13.6 Å². The van der Waals surface area contributed by atoms with Gasteiger partial charge < -0.3 is 5.11 Å². The lowest BCUT2D eigenvalue weighted by Gasteiger charge is -2.06. The van der Waals surface area contributed by atoms with Gasteiger partial charge in [-0.15, -0.1) is 0 Å². The first-order chi connectivity index (χ1) is 9.31. The molecule has 0 atom stereocenters. The number of alkyl halides is 2. The van der Waals surface area contributed by atoms with Crippen LogP contribution in [-0.4, -0.2) is 20.9 Å². The molecule has 0 aliphatic rings. The van der Waals surface area contributed by atoms with Crippen molar-refractivity contribution in [1.29, 1.82) is 0 Å². The Bertz CT molecular complexity index is 663. The Hall–Kier alpha value is -1.95. The number of hydrogen-bond acceptors (Lipinski definition) is 2. The fourth-order valence-electron chi connectivity index (χ4n) is 2.01. The van der Waals surface area contributed by atoms with Gasteiger partial charge in [0.1, 0.15) is 16.4 Å². The van der Waals surface area contributed by atoms with Gasteiger partial charge in [-0.2, -0.15) is 5.10 Å². The molecule has 0 aliphatic heterocycles. The van der Waals surface area contributed by atoms with Gasteiger partial charge in [-0.1, -0.05) is 17.7 Å². The number of carbonyl (C=O) groups is 1. The predicted octanol–water partition coefficient (Wildman–Crippen LogP) is 3.78. The van der Waals surface area contributed by atoms with Crippen LogP contribution < -0.4 is 0 Å². The van der Waals surface area contributed by atoms with Crippen LogP contribution in [0.1, 0.15) is 33.6 Å². The third-order valence-electron chi connectivity index (χ3n) is 2.73. The number of nitrogens with zero attached hydrogens (tertiary/aromatic N) is 2. The van der Waals surface area contributed by atoms with Crippen molar-refractivity contribution in [1.82, 2.24) is 9.78 Å². The van der Waals surface area contributed by atoms with Crippen molar-refractivity contribution in [2.45, 2.75) is 20.3 Å². The van der Waals surface area contributed by atoms with E-state index in [0.29, 0.717) is 5.69 Å². The lowest BCUT2D eigenvalue weighted by Crippen LogP contribution is -2.01. The zero-order chi connectivity index (χ0) is 15.0. The summed E-state index contributed by atoms with van der Waals surface area (Å²) in [6.45, 7) is 3.67. The van der Waals surface area contributed by atoms with E-state index >= 15 is 0 Å². The van der Waals surface area contributed by atoms with Crippen LogP contribution in [0.15, 0.2) is 18.2 Å². The minimum Gasteiger partial charge on any atom is -0.478 e. The molecular formula is C13H11ClF2N2O2. The second-order valence-electron chi connectivity index (χ2n) is 4.41. The van der Waals surface area contributed by atoms with E-state index in [2.05, 4.69) is 5.10 Å². The first kappa shape index (κ1) is 14.5. The number of aromatic nitrogens is 2. The average Bonchev–Trinajstić information content (AvgIpc) is 2.65. The quantitative estimate of drug-likeness (QED) is 0.938. The van der Waals surface area contributed by atoms with Gasteiger partial charge in [0.2, 0.25) is 0 Å². The van der Waals surface area contributed by atoms with Gasteiger partial charge in [-0.05, 0) is 37.1 Å². The highest BCUT2D eigenvalue weighted by Gasteiger charge is 2.28. The summed E-state index contributed by atoms with van der Waals surface area (Å²) in [5.74, 6) is -1.53. The molecule has 1 heterocycles. The summed E-state index contributed by atoms with van der Waals surface area (Å²) in [5.41, 5.74) is 0.730. The van der Waals surface area contributed by atoms with Crippen molar-refractivity contribution >= 4 is 17.6 Å². The third-order valence-corrected chi connectivity index (χ3v) is 3.08. The number of halogens is 3. The van der Waals surface area contributed by atoms with Crippen LogP contribution in [0.5, 0.6) is 0 Å². The number of aryl methyl sites for hydroxylation is 2. The molecule has 2 aromatic rings. The van der Waals surface area contributed by atoms with E-state index in [1.165, 1.54) is 0 Å². The maximum Gasteiger partial charge on any atom is 0.341 e. The number of hydrogen-bond donors (Lipinski definition) is 1. The molecule has 1 aromatic carbocycles. The van der Waals surface area contributed by atoms with Crippen LogP contribution in [0.2, 0.25) is 5.15 Å². The summed E-state index contributed by atoms with van der Waals surface area (Å²) in [7, 11) is 0. The fraction of sp³-hybridized carbons (Fsp3) is 0.231. The lowest BCUT2D eigenvalue weighted by molar-refractivity contribution is 0.0684. The molecule has 0 saturated heterocycles. The highest BCUT2D eigenvalue weighted by atomic mass is 35.5. The fourth-order valence-corrected chi connectivity index (χ4v) is 2.32. The third kappa shape index (κ3) is 2.51. The smallest absolute Gasteiger partial charge is 0.341 e. The summed E-state index contributed by atoms with van der Waals surface area (Å²) in [4.78, 5) is 11.1. The van der Waals surface area contributed by atoms with Crippen molar-refractivity contribution in [3.8, 4) is 5.69 Å². The Morgan fingerprint density at radius 1 is 1.30 bits per heavy atom. The standard InChI is InChI=1S/C13H11ClF2N2O2/c1-6-3-7(2)5-8(4-6)18-11(14)9(13(19)20)10(17-18)12(15)16/h3-5,12H,1-2H3,(H,19,20). The predicted molar refractivity (Wildman–Crippen MR) is 70.0 cm³/mol. The molecule has 0 fully saturated rings. The number of carboxylic acid groups (broad SMARTS) is 1. The van der Waals surface area contributed by atoms with Gasteiger partial charge in [-0.3, -0.25) is 0 Å². The largest absolute Gasteiger partial charge is 0.478 e. The first-order valence-electron chi connectivity index (χ1n) is 5.69. The van der Waals surface area contributed by atoms with E-state index in [-0.39, 0.29) is 5.15 Å². The van der Waals surface area contributed by atoms with Crippen LogP contribution in [-0.2, 0) is 0 Å². The Labute approximate surface area is 118 Å². The number of benzene rings is 1. The van der Waals surface area contributed by atoms with E-state index in [1.807, 2.05) is 19.9 Å². The molecule has 0 bridgehead atoms. The topological polar surface area (TPSA) is 55.1 Å². The van der Waals surface area contributed by atoms with E-state index in [1.54, 1.807) is 12.1 Å². The Kier molecular flexibility index (Phi) is 3.76. The van der Waals surface area contributed by atoms with E-state index in [0.717, 1.165) is 15.8 Å². The number of aromatic carboxylic acids is 1. The average molecular weight is 301 g/mol. The van der Waals surface area contributed by atoms with Crippen molar-refractivity contribution in [3.05, 3.63) is 45.7 Å². The van der Waals surface area contributed by atoms with Crippen LogP contribution in [0, 0.1) is 13.8 Å². The second-order valence-corrected chi connectivity index (χ2v) is 4.77. The van der Waals surface area contributed by atoms with Crippen molar-refractivity contribution in [3.63, 3.8) is 0 Å². The van der Waals surface area contributed by atoms with Crippen molar-refractivity contribution in [2.24, 2.45) is 0 Å². The van der Waals surface area contributed by atoms with Crippen LogP contribution in [0.4, 0.5) is 8.78 Å². The normalized spacial score (nSPS) is 11.1. The molecule has 20 heavy (non-hydrogen) atoms. The summed E-state index contributed by atoms with van der Waals surface area (Å²) < 4.78 is 26.7. The Balaban J connectivity index is 2.69. The second kappa shape index (κ2) is 5.20. The van der Waals surface area contributed by atoms with Crippen molar-refractivity contribution < 1.29 is 18.7 Å². The molecule has 106 valence electrons. The highest BCUT2D eigenvalue weighted by molar-refractivity contribution is 6.33. The zero-order valence-electron chi connectivity index (χ0n) is 10.7. The van der Waals surface area contributed by atoms with Gasteiger partial charge in [-0.25, -0.2) is 18.3 Å². The van der Waals surface area contributed by atoms with Crippen LogP contribution in [0.3, 0.4) is 0 Å². The van der Waals surface area contributed by atoms with Crippen LogP contribution >= 0.6 is 11.6 Å². The minimum absolute atomic E-state index is 0.335. The van der Waals surface area contributed by atoms with E-state index < -0.39 is 23.7 Å². The maximum atomic E-state index is 12.9. The van der Waals surface area contributed by atoms with Crippen LogP contribution in [0.25, 0.3) is 5.69 Å². The molecule has 4 nitrogen and oxygen atoms in total. The molecule has 2 rings (SSSR count).